The van der Waals surface area contributed by atoms with Crippen LogP contribution in [-0.2, 0) is 9.59 Å². The fourth-order valence-electron chi connectivity index (χ4n) is 1.76. The summed E-state index contributed by atoms with van der Waals surface area (Å²) in [5, 5.41) is 0. The lowest BCUT2D eigenvalue weighted by Crippen LogP contribution is -2.49. The number of hydrogen-bond acceptors (Lipinski definition) is 3. The fourth-order valence-corrected chi connectivity index (χ4v) is 1.76. The van der Waals surface area contributed by atoms with Gasteiger partial charge in [0, 0.05) is 0 Å². The number of ether oxygens (including phenoxy) is 1. The molecule has 2 N–H and O–H groups in total. The summed E-state index contributed by atoms with van der Waals surface area (Å²) in [7, 11) is 0. The smallest absolute Gasteiger partial charge is 0.472 e. The van der Waals surface area contributed by atoms with Crippen molar-refractivity contribution in [3.05, 3.63) is 54.6 Å². The standard InChI is InChI=1S/C16H13F3N2O3/c17-16(18,19)15(23)21-20-14(22)10-24-13-8-6-12(7-9-13)11-4-2-1-3-5-11/h1-9H,10H2,(H,20,22)(H,21,23). The van der Waals surface area contributed by atoms with Gasteiger partial charge in [0.15, 0.2) is 6.61 Å². The molecule has 5 nitrogen and oxygen atoms in total. The summed E-state index contributed by atoms with van der Waals surface area (Å²) in [5.41, 5.74) is 4.82. The Kier molecular flexibility index (Phi) is 5.41. The zero-order chi connectivity index (χ0) is 17.6. The largest absolute Gasteiger partial charge is 0.484 e. The van der Waals surface area contributed by atoms with Crippen LogP contribution in [0.25, 0.3) is 11.1 Å². The lowest BCUT2D eigenvalue weighted by atomic mass is 10.1. The number of hydrazine groups is 1. The van der Waals surface area contributed by atoms with Gasteiger partial charge in [-0.2, -0.15) is 13.2 Å². The highest BCUT2D eigenvalue weighted by Crippen LogP contribution is 2.21. The molecule has 8 heteroatoms. The molecule has 0 aromatic heterocycles. The molecule has 126 valence electrons. The van der Waals surface area contributed by atoms with E-state index in [0.29, 0.717) is 5.75 Å². The minimum atomic E-state index is -5.07. The quantitative estimate of drug-likeness (QED) is 0.842. The third kappa shape index (κ3) is 5.01. The second kappa shape index (κ2) is 7.49. The number of benzene rings is 2. The molecule has 0 aliphatic heterocycles. The first kappa shape index (κ1) is 17.3. The van der Waals surface area contributed by atoms with Gasteiger partial charge < -0.3 is 4.74 Å². The molecule has 0 unspecified atom stereocenters. The molecule has 0 bridgehead atoms. The summed E-state index contributed by atoms with van der Waals surface area (Å²) in [6, 6.07) is 16.4. The molecule has 0 aliphatic carbocycles. The molecule has 0 saturated heterocycles. The maximum absolute atomic E-state index is 11.9. The number of amides is 2. The Morgan fingerprint density at radius 1 is 0.875 bits per heavy atom. The molecule has 2 rings (SSSR count). The van der Waals surface area contributed by atoms with E-state index in [1.165, 1.54) is 5.43 Å². The van der Waals surface area contributed by atoms with Crippen molar-refractivity contribution in [2.24, 2.45) is 0 Å². The molecule has 2 aromatic carbocycles. The van der Waals surface area contributed by atoms with Crippen LogP contribution in [0.1, 0.15) is 0 Å². The Bertz CT molecular complexity index is 701. The van der Waals surface area contributed by atoms with Gasteiger partial charge in [-0.1, -0.05) is 42.5 Å². The van der Waals surface area contributed by atoms with Gasteiger partial charge in [0.25, 0.3) is 5.91 Å². The van der Waals surface area contributed by atoms with Gasteiger partial charge in [0.05, 0.1) is 0 Å². The number of nitrogens with one attached hydrogen (secondary N) is 2. The van der Waals surface area contributed by atoms with Crippen LogP contribution >= 0.6 is 0 Å². The van der Waals surface area contributed by atoms with Crippen LogP contribution in [0.3, 0.4) is 0 Å². The van der Waals surface area contributed by atoms with E-state index >= 15 is 0 Å². The minimum absolute atomic E-state index is 0.368. The summed E-state index contributed by atoms with van der Waals surface area (Å²) < 4.78 is 40.9. The SMILES string of the molecule is O=C(COc1ccc(-c2ccccc2)cc1)NNC(=O)C(F)(F)F. The highest BCUT2D eigenvalue weighted by Gasteiger charge is 2.38. The Morgan fingerprint density at radius 3 is 2.04 bits per heavy atom. The van der Waals surface area contributed by atoms with Crippen LogP contribution < -0.4 is 15.6 Å². The summed E-state index contributed by atoms with van der Waals surface area (Å²) in [5.74, 6) is -2.81. The van der Waals surface area contributed by atoms with E-state index in [1.807, 2.05) is 30.3 Å². The van der Waals surface area contributed by atoms with Gasteiger partial charge in [-0.25, -0.2) is 0 Å². The number of alkyl halides is 3. The Labute approximate surface area is 135 Å². The normalized spacial score (nSPS) is 10.8. The zero-order valence-electron chi connectivity index (χ0n) is 12.3. The van der Waals surface area contributed by atoms with E-state index in [2.05, 4.69) is 0 Å². The van der Waals surface area contributed by atoms with Crippen molar-refractivity contribution in [2.75, 3.05) is 6.61 Å². The third-order valence-electron chi connectivity index (χ3n) is 2.90. The lowest BCUT2D eigenvalue weighted by molar-refractivity contribution is -0.175. The van der Waals surface area contributed by atoms with Crippen LogP contribution in [0.4, 0.5) is 13.2 Å². The third-order valence-corrected chi connectivity index (χ3v) is 2.90. The number of carbonyl (C=O) groups excluding carboxylic acids is 2. The average Bonchev–Trinajstić information content (AvgIpc) is 2.58. The van der Waals surface area contributed by atoms with E-state index in [-0.39, 0.29) is 0 Å². The van der Waals surface area contributed by atoms with E-state index in [1.54, 1.807) is 29.7 Å². The highest BCUT2D eigenvalue weighted by atomic mass is 19.4. The molecular formula is C16H13F3N2O3. The summed E-state index contributed by atoms with van der Waals surface area (Å²) in [6.07, 6.45) is -5.07. The Morgan fingerprint density at radius 2 is 1.46 bits per heavy atom. The van der Waals surface area contributed by atoms with Gasteiger partial charge in [-0.05, 0) is 23.3 Å². The van der Waals surface area contributed by atoms with Crippen LogP contribution in [0.15, 0.2) is 54.6 Å². The van der Waals surface area contributed by atoms with Crippen molar-refractivity contribution >= 4 is 11.8 Å². The Balaban J connectivity index is 1.82. The lowest BCUT2D eigenvalue weighted by Gasteiger charge is -2.10. The number of rotatable bonds is 4. The monoisotopic (exact) mass is 338 g/mol. The zero-order valence-corrected chi connectivity index (χ0v) is 12.3. The van der Waals surface area contributed by atoms with Crippen molar-refractivity contribution in [1.29, 1.82) is 0 Å². The van der Waals surface area contributed by atoms with Crippen molar-refractivity contribution in [1.82, 2.24) is 10.9 Å². The predicted octanol–water partition coefficient (Wildman–Crippen LogP) is 2.44. The first-order valence-corrected chi connectivity index (χ1v) is 6.80. The van der Waals surface area contributed by atoms with Crippen LogP contribution in [0, 0.1) is 0 Å². The molecule has 0 heterocycles. The van der Waals surface area contributed by atoms with Crippen molar-refractivity contribution in [3.8, 4) is 16.9 Å². The van der Waals surface area contributed by atoms with Gasteiger partial charge >= 0.3 is 12.1 Å². The molecule has 0 spiro atoms. The average molecular weight is 338 g/mol. The van der Waals surface area contributed by atoms with Gasteiger partial charge in [0.1, 0.15) is 5.75 Å². The Hall–Kier alpha value is -3.03. The summed E-state index contributed by atoms with van der Waals surface area (Å²) in [4.78, 5) is 21.8. The van der Waals surface area contributed by atoms with Gasteiger partial charge in [-0.3, -0.25) is 20.4 Å². The van der Waals surface area contributed by atoms with E-state index in [0.717, 1.165) is 11.1 Å². The van der Waals surface area contributed by atoms with Crippen LogP contribution in [-0.4, -0.2) is 24.6 Å². The maximum atomic E-state index is 11.9. The van der Waals surface area contributed by atoms with Crippen molar-refractivity contribution in [3.63, 3.8) is 0 Å². The molecule has 0 radical (unpaired) electrons. The maximum Gasteiger partial charge on any atom is 0.472 e. The molecule has 2 aromatic rings. The first-order chi connectivity index (χ1) is 11.4. The topological polar surface area (TPSA) is 67.4 Å². The van der Waals surface area contributed by atoms with Crippen molar-refractivity contribution < 1.29 is 27.5 Å². The van der Waals surface area contributed by atoms with Crippen molar-refractivity contribution in [2.45, 2.75) is 6.18 Å². The summed E-state index contributed by atoms with van der Waals surface area (Å²) >= 11 is 0. The first-order valence-electron chi connectivity index (χ1n) is 6.80. The predicted molar refractivity (Wildman–Crippen MR) is 79.7 cm³/mol. The van der Waals surface area contributed by atoms with Crippen LogP contribution in [0.5, 0.6) is 5.75 Å². The number of carbonyl (C=O) groups is 2. The van der Waals surface area contributed by atoms with Crippen LogP contribution in [0.2, 0.25) is 0 Å². The molecule has 0 saturated carbocycles. The molecule has 0 atom stereocenters. The van der Waals surface area contributed by atoms with E-state index in [4.69, 9.17) is 4.74 Å². The van der Waals surface area contributed by atoms with Gasteiger partial charge in [-0.15, -0.1) is 0 Å². The minimum Gasteiger partial charge on any atom is -0.484 e. The van der Waals surface area contributed by atoms with E-state index < -0.39 is 24.6 Å². The molecule has 0 fully saturated rings. The molecule has 2 amide bonds. The second-order valence-electron chi connectivity index (χ2n) is 4.68. The fraction of sp³-hybridized carbons (Fsp3) is 0.125. The number of hydrogen-bond donors (Lipinski definition) is 2. The summed E-state index contributed by atoms with van der Waals surface area (Å²) in [6.45, 7) is -0.539. The van der Waals surface area contributed by atoms with E-state index in [9.17, 15) is 22.8 Å². The highest BCUT2D eigenvalue weighted by molar-refractivity contribution is 5.85. The van der Waals surface area contributed by atoms with Gasteiger partial charge in [0.2, 0.25) is 0 Å². The second-order valence-corrected chi connectivity index (χ2v) is 4.68. The molecular weight excluding hydrogens is 325 g/mol. The molecule has 0 aliphatic rings. The molecule has 24 heavy (non-hydrogen) atoms. The number of halogens is 3.